The molecule has 0 amide bonds. The Morgan fingerprint density at radius 3 is 2.38 bits per heavy atom. The van der Waals surface area contributed by atoms with Crippen LogP contribution in [0.1, 0.15) is 29.3 Å². The fourth-order valence-electron chi connectivity index (χ4n) is 1.22. The first-order chi connectivity index (χ1) is 6.27. The van der Waals surface area contributed by atoms with E-state index in [1.165, 1.54) is 5.56 Å². The number of halogens is 1. The van der Waals surface area contributed by atoms with Gasteiger partial charge in [-0.2, -0.15) is 0 Å². The topological polar surface area (TPSA) is 17.1 Å². The average molecular weight is 288 g/mol. The van der Waals surface area contributed by atoms with E-state index in [0.29, 0.717) is 4.43 Å². The van der Waals surface area contributed by atoms with Crippen molar-refractivity contribution in [2.45, 2.75) is 19.8 Å². The number of carbonyl (C=O) groups excluding carboxylic acids is 1. The van der Waals surface area contributed by atoms with Crippen molar-refractivity contribution in [2.24, 2.45) is 0 Å². The van der Waals surface area contributed by atoms with Gasteiger partial charge in [-0.25, -0.2) is 0 Å². The van der Waals surface area contributed by atoms with Crippen LogP contribution < -0.4 is 0 Å². The Kier molecular flexibility index (Phi) is 4.42. The molecule has 1 aromatic rings. The number of hydrogen-bond donors (Lipinski definition) is 0. The van der Waals surface area contributed by atoms with Crippen molar-refractivity contribution in [3.05, 3.63) is 35.4 Å². The van der Waals surface area contributed by atoms with Crippen LogP contribution >= 0.6 is 22.6 Å². The number of Topliss-reactive ketones (excluding diaryl/α,β-unsaturated/α-hetero) is 1. The lowest BCUT2D eigenvalue weighted by molar-refractivity contribution is 0.102. The standard InChI is InChI=1S/C11H13IO/c1-2-3-9-4-6-10(7-5-9)11(13)8-12/h4-7H,2-3,8H2,1H3. The molecule has 2 heteroatoms. The van der Waals surface area contributed by atoms with E-state index in [-0.39, 0.29) is 5.78 Å². The third-order valence-corrected chi connectivity index (χ3v) is 2.63. The van der Waals surface area contributed by atoms with Gasteiger partial charge in [-0.3, -0.25) is 4.79 Å². The summed E-state index contributed by atoms with van der Waals surface area (Å²) in [6.07, 6.45) is 2.25. The Bertz CT molecular complexity index is 277. The molecule has 0 heterocycles. The molecular formula is C11H13IO. The van der Waals surface area contributed by atoms with E-state index in [1.807, 2.05) is 24.3 Å². The average Bonchev–Trinajstić information content (AvgIpc) is 2.18. The first kappa shape index (κ1) is 10.7. The maximum Gasteiger partial charge on any atom is 0.172 e. The summed E-state index contributed by atoms with van der Waals surface area (Å²) in [7, 11) is 0. The summed E-state index contributed by atoms with van der Waals surface area (Å²) >= 11 is 2.09. The molecular weight excluding hydrogens is 275 g/mol. The molecule has 1 nitrogen and oxygen atoms in total. The van der Waals surface area contributed by atoms with Gasteiger partial charge in [0, 0.05) is 5.56 Å². The van der Waals surface area contributed by atoms with Crippen molar-refractivity contribution in [2.75, 3.05) is 4.43 Å². The van der Waals surface area contributed by atoms with Crippen molar-refractivity contribution >= 4 is 28.4 Å². The van der Waals surface area contributed by atoms with E-state index in [0.717, 1.165) is 18.4 Å². The monoisotopic (exact) mass is 288 g/mol. The van der Waals surface area contributed by atoms with Gasteiger partial charge in [0.05, 0.1) is 4.43 Å². The zero-order valence-corrected chi connectivity index (χ0v) is 9.87. The molecule has 0 aliphatic rings. The zero-order valence-electron chi connectivity index (χ0n) is 7.72. The Labute approximate surface area is 92.7 Å². The number of benzene rings is 1. The smallest absolute Gasteiger partial charge is 0.172 e. The molecule has 1 aromatic carbocycles. The lowest BCUT2D eigenvalue weighted by Crippen LogP contribution is -1.99. The van der Waals surface area contributed by atoms with Crippen LogP contribution in [-0.2, 0) is 6.42 Å². The number of aryl methyl sites for hydroxylation is 1. The van der Waals surface area contributed by atoms with E-state index >= 15 is 0 Å². The molecule has 0 bridgehead atoms. The maximum atomic E-state index is 11.3. The Balaban J connectivity index is 2.75. The van der Waals surface area contributed by atoms with E-state index in [9.17, 15) is 4.79 Å². The van der Waals surface area contributed by atoms with Gasteiger partial charge >= 0.3 is 0 Å². The van der Waals surface area contributed by atoms with Gasteiger partial charge in [0.25, 0.3) is 0 Å². The molecule has 0 saturated carbocycles. The molecule has 70 valence electrons. The number of carbonyl (C=O) groups is 1. The van der Waals surface area contributed by atoms with Crippen LogP contribution in [-0.4, -0.2) is 10.2 Å². The summed E-state index contributed by atoms with van der Waals surface area (Å²) in [5.41, 5.74) is 2.14. The normalized spacial score (nSPS) is 10.0. The summed E-state index contributed by atoms with van der Waals surface area (Å²) in [6.45, 7) is 2.16. The summed E-state index contributed by atoms with van der Waals surface area (Å²) in [5.74, 6) is 0.212. The van der Waals surface area contributed by atoms with Crippen LogP contribution in [0.25, 0.3) is 0 Å². The number of alkyl halides is 1. The molecule has 0 fully saturated rings. The minimum atomic E-state index is 0.212. The first-order valence-electron chi connectivity index (χ1n) is 4.46. The summed E-state index contributed by atoms with van der Waals surface area (Å²) in [4.78, 5) is 11.3. The fourth-order valence-corrected chi connectivity index (χ4v) is 1.66. The second-order valence-electron chi connectivity index (χ2n) is 3.00. The molecule has 0 saturated heterocycles. The quantitative estimate of drug-likeness (QED) is 0.472. The lowest BCUT2D eigenvalue weighted by atomic mass is 10.1. The number of ketones is 1. The minimum absolute atomic E-state index is 0.212. The van der Waals surface area contributed by atoms with Crippen LogP contribution in [0.15, 0.2) is 24.3 Å². The molecule has 0 N–H and O–H groups in total. The van der Waals surface area contributed by atoms with Gasteiger partial charge in [0.1, 0.15) is 0 Å². The number of hydrogen-bond acceptors (Lipinski definition) is 1. The van der Waals surface area contributed by atoms with Gasteiger partial charge < -0.3 is 0 Å². The molecule has 0 spiro atoms. The van der Waals surface area contributed by atoms with Crippen LogP contribution in [0.2, 0.25) is 0 Å². The molecule has 0 radical (unpaired) electrons. The summed E-state index contributed by atoms with van der Waals surface area (Å²) in [6, 6.07) is 7.93. The SMILES string of the molecule is CCCc1ccc(C(=O)CI)cc1. The van der Waals surface area contributed by atoms with Gasteiger partial charge in [-0.15, -0.1) is 0 Å². The molecule has 0 aromatic heterocycles. The third kappa shape index (κ3) is 3.10. The second-order valence-corrected chi connectivity index (χ2v) is 3.77. The zero-order chi connectivity index (χ0) is 9.68. The third-order valence-electron chi connectivity index (χ3n) is 1.94. The van der Waals surface area contributed by atoms with Gasteiger partial charge in [-0.05, 0) is 12.0 Å². The maximum absolute atomic E-state index is 11.3. The van der Waals surface area contributed by atoms with Crippen molar-refractivity contribution in [3.8, 4) is 0 Å². The highest BCUT2D eigenvalue weighted by Gasteiger charge is 2.02. The van der Waals surface area contributed by atoms with Crippen LogP contribution in [0.4, 0.5) is 0 Å². The molecule has 0 atom stereocenters. The largest absolute Gasteiger partial charge is 0.293 e. The van der Waals surface area contributed by atoms with Gasteiger partial charge in [-0.1, -0.05) is 60.2 Å². The molecule has 0 aliphatic carbocycles. The van der Waals surface area contributed by atoms with Crippen molar-refractivity contribution < 1.29 is 4.79 Å². The molecule has 0 unspecified atom stereocenters. The second kappa shape index (κ2) is 5.37. The van der Waals surface area contributed by atoms with Gasteiger partial charge in [0.2, 0.25) is 0 Å². The van der Waals surface area contributed by atoms with E-state index in [1.54, 1.807) is 0 Å². The predicted octanol–water partition coefficient (Wildman–Crippen LogP) is 3.26. The molecule has 1 rings (SSSR count). The Morgan fingerprint density at radius 1 is 1.31 bits per heavy atom. The summed E-state index contributed by atoms with van der Waals surface area (Å²) in [5, 5.41) is 0. The van der Waals surface area contributed by atoms with E-state index in [2.05, 4.69) is 29.5 Å². The minimum Gasteiger partial charge on any atom is -0.293 e. The van der Waals surface area contributed by atoms with Gasteiger partial charge in [0.15, 0.2) is 5.78 Å². The highest BCUT2D eigenvalue weighted by Crippen LogP contribution is 2.08. The Morgan fingerprint density at radius 2 is 1.92 bits per heavy atom. The van der Waals surface area contributed by atoms with Crippen molar-refractivity contribution in [3.63, 3.8) is 0 Å². The molecule has 0 aliphatic heterocycles. The van der Waals surface area contributed by atoms with Crippen LogP contribution in [0.3, 0.4) is 0 Å². The highest BCUT2D eigenvalue weighted by atomic mass is 127. The number of rotatable bonds is 4. The lowest BCUT2D eigenvalue weighted by Gasteiger charge is -2.00. The fraction of sp³-hybridized carbons (Fsp3) is 0.364. The predicted molar refractivity (Wildman–Crippen MR) is 63.7 cm³/mol. The van der Waals surface area contributed by atoms with Crippen molar-refractivity contribution in [1.29, 1.82) is 0 Å². The van der Waals surface area contributed by atoms with Crippen LogP contribution in [0.5, 0.6) is 0 Å². The first-order valence-corrected chi connectivity index (χ1v) is 5.98. The van der Waals surface area contributed by atoms with E-state index in [4.69, 9.17) is 0 Å². The van der Waals surface area contributed by atoms with E-state index < -0.39 is 0 Å². The summed E-state index contributed by atoms with van der Waals surface area (Å²) < 4.78 is 0.560. The Hall–Kier alpha value is -0.380. The van der Waals surface area contributed by atoms with Crippen LogP contribution in [0, 0.1) is 0 Å². The van der Waals surface area contributed by atoms with Crippen molar-refractivity contribution in [1.82, 2.24) is 0 Å². The highest BCUT2D eigenvalue weighted by molar-refractivity contribution is 14.1. The molecule has 13 heavy (non-hydrogen) atoms.